The summed E-state index contributed by atoms with van der Waals surface area (Å²) in [7, 11) is 0. The summed E-state index contributed by atoms with van der Waals surface area (Å²) in [6.07, 6.45) is 2.96. The van der Waals surface area contributed by atoms with Gasteiger partial charge in [0.2, 0.25) is 0 Å². The van der Waals surface area contributed by atoms with E-state index in [2.05, 4.69) is 25.7 Å². The Hall–Kier alpha value is -4.01. The Morgan fingerprint density at radius 1 is 1.04 bits per heavy atom. The number of anilines is 3. The molecule has 0 aliphatic heterocycles. The van der Waals surface area contributed by atoms with Crippen LogP contribution in [-0.4, -0.2) is 25.8 Å². The number of nitrogens with two attached hydrogens (primary N) is 1. The van der Waals surface area contributed by atoms with Crippen LogP contribution in [0.25, 0.3) is 16.7 Å². The van der Waals surface area contributed by atoms with Crippen LogP contribution in [0.3, 0.4) is 0 Å². The van der Waals surface area contributed by atoms with Gasteiger partial charge in [-0.15, -0.1) is 0 Å². The molecule has 0 aliphatic carbocycles. The van der Waals surface area contributed by atoms with E-state index in [9.17, 15) is 9.18 Å². The van der Waals surface area contributed by atoms with E-state index >= 15 is 0 Å². The van der Waals surface area contributed by atoms with E-state index < -0.39 is 6.03 Å². The van der Waals surface area contributed by atoms with Crippen LogP contribution in [0.2, 0.25) is 0 Å². The van der Waals surface area contributed by atoms with Crippen LogP contribution < -0.4 is 16.4 Å². The number of carbonyl (C=O) groups excluding carboxylic acids is 1. The minimum Gasteiger partial charge on any atom is -0.383 e. The molecule has 4 aromatic rings. The first-order chi connectivity index (χ1) is 13.1. The number of fused-ring (bicyclic) bond motifs is 1. The van der Waals surface area contributed by atoms with Crippen molar-refractivity contribution >= 4 is 34.3 Å². The zero-order valence-corrected chi connectivity index (χ0v) is 13.9. The van der Waals surface area contributed by atoms with E-state index in [-0.39, 0.29) is 5.82 Å². The highest BCUT2D eigenvalue weighted by Crippen LogP contribution is 2.21. The molecule has 27 heavy (non-hydrogen) atoms. The molecule has 0 radical (unpaired) electrons. The molecule has 0 aliphatic rings. The van der Waals surface area contributed by atoms with E-state index in [0.29, 0.717) is 33.9 Å². The maximum Gasteiger partial charge on any atom is 0.323 e. The summed E-state index contributed by atoms with van der Waals surface area (Å²) in [5, 5.41) is 10.3. The van der Waals surface area contributed by atoms with Crippen molar-refractivity contribution in [2.24, 2.45) is 0 Å². The van der Waals surface area contributed by atoms with Crippen molar-refractivity contribution in [2.75, 3.05) is 16.4 Å². The van der Waals surface area contributed by atoms with Gasteiger partial charge < -0.3 is 16.4 Å². The van der Waals surface area contributed by atoms with Gasteiger partial charge in [-0.1, -0.05) is 6.07 Å². The van der Waals surface area contributed by atoms with Gasteiger partial charge in [-0.2, -0.15) is 5.10 Å². The topological polar surface area (TPSA) is 111 Å². The molecule has 0 unspecified atom stereocenters. The van der Waals surface area contributed by atoms with Crippen LogP contribution >= 0.6 is 0 Å². The molecule has 2 amide bonds. The molecule has 134 valence electrons. The number of benzene rings is 2. The molecule has 0 saturated heterocycles. The van der Waals surface area contributed by atoms with Gasteiger partial charge in [0.05, 0.1) is 17.3 Å². The van der Waals surface area contributed by atoms with E-state index in [1.165, 1.54) is 30.6 Å². The van der Waals surface area contributed by atoms with Crippen molar-refractivity contribution in [1.29, 1.82) is 0 Å². The van der Waals surface area contributed by atoms with E-state index in [0.717, 1.165) is 0 Å². The van der Waals surface area contributed by atoms with Crippen molar-refractivity contribution in [2.45, 2.75) is 0 Å². The third-order valence-electron chi connectivity index (χ3n) is 3.85. The molecule has 0 fully saturated rings. The fourth-order valence-corrected chi connectivity index (χ4v) is 2.59. The molecular weight excluding hydrogens is 349 g/mol. The zero-order valence-electron chi connectivity index (χ0n) is 13.9. The molecule has 0 saturated carbocycles. The summed E-state index contributed by atoms with van der Waals surface area (Å²) in [6.45, 7) is 0. The summed E-state index contributed by atoms with van der Waals surface area (Å²) < 4.78 is 14.5. The summed E-state index contributed by atoms with van der Waals surface area (Å²) in [6, 6.07) is 12.1. The quantitative estimate of drug-likeness (QED) is 0.518. The van der Waals surface area contributed by atoms with Gasteiger partial charge in [-0.05, 0) is 42.5 Å². The van der Waals surface area contributed by atoms with Crippen LogP contribution in [0.1, 0.15) is 0 Å². The lowest BCUT2D eigenvalue weighted by Crippen LogP contribution is -2.19. The third-order valence-corrected chi connectivity index (χ3v) is 3.85. The number of urea groups is 1. The Balaban J connectivity index is 1.56. The number of aromatic nitrogens is 4. The van der Waals surface area contributed by atoms with Gasteiger partial charge in [-0.25, -0.2) is 23.8 Å². The van der Waals surface area contributed by atoms with Gasteiger partial charge in [0.1, 0.15) is 18.0 Å². The Morgan fingerprint density at radius 3 is 2.63 bits per heavy atom. The van der Waals surface area contributed by atoms with E-state index in [1.54, 1.807) is 29.1 Å². The van der Waals surface area contributed by atoms with Crippen molar-refractivity contribution in [3.63, 3.8) is 0 Å². The van der Waals surface area contributed by atoms with Crippen molar-refractivity contribution in [1.82, 2.24) is 19.7 Å². The van der Waals surface area contributed by atoms with Crippen molar-refractivity contribution in [3.8, 4) is 5.69 Å². The van der Waals surface area contributed by atoms with Gasteiger partial charge in [-0.3, -0.25) is 0 Å². The highest BCUT2D eigenvalue weighted by atomic mass is 19.1. The Labute approximate surface area is 152 Å². The van der Waals surface area contributed by atoms with Crippen LogP contribution in [0.4, 0.5) is 26.4 Å². The lowest BCUT2D eigenvalue weighted by atomic mass is 10.2. The largest absolute Gasteiger partial charge is 0.383 e. The molecule has 9 heteroatoms. The van der Waals surface area contributed by atoms with Gasteiger partial charge in [0.25, 0.3) is 0 Å². The molecule has 0 bridgehead atoms. The molecule has 0 spiro atoms. The molecule has 0 atom stereocenters. The van der Waals surface area contributed by atoms with Gasteiger partial charge in [0.15, 0.2) is 5.65 Å². The van der Waals surface area contributed by atoms with E-state index in [4.69, 9.17) is 5.73 Å². The second-order valence-corrected chi connectivity index (χ2v) is 5.69. The smallest absolute Gasteiger partial charge is 0.323 e. The predicted octanol–water partition coefficient (Wildman–Crippen LogP) is 3.18. The monoisotopic (exact) mass is 363 g/mol. The maximum absolute atomic E-state index is 12.9. The predicted molar refractivity (Wildman–Crippen MR) is 100 cm³/mol. The number of hydrogen-bond donors (Lipinski definition) is 3. The summed E-state index contributed by atoms with van der Waals surface area (Å²) in [5.41, 5.74) is 8.13. The lowest BCUT2D eigenvalue weighted by molar-refractivity contribution is 0.262. The van der Waals surface area contributed by atoms with E-state index in [1.807, 2.05) is 6.07 Å². The van der Waals surface area contributed by atoms with Crippen LogP contribution in [-0.2, 0) is 0 Å². The number of nitrogens with one attached hydrogen (secondary N) is 2. The Morgan fingerprint density at radius 2 is 1.81 bits per heavy atom. The highest BCUT2D eigenvalue weighted by molar-refractivity contribution is 5.99. The summed E-state index contributed by atoms with van der Waals surface area (Å²) in [5.74, 6) is -0.0243. The molecule has 2 heterocycles. The molecular formula is C18H14FN7O. The average Bonchev–Trinajstić information content (AvgIpc) is 3.09. The first-order valence-electron chi connectivity index (χ1n) is 7.98. The average molecular weight is 363 g/mol. The third kappa shape index (κ3) is 3.38. The number of amides is 2. The molecule has 4 N–H and O–H groups in total. The number of rotatable bonds is 3. The standard InChI is InChI=1S/C18H14FN7O/c19-11-4-6-12(7-5-11)24-18(27)25-13-2-1-3-14(8-13)26-17-15(9-23-26)16(20)21-10-22-17/h1-10H,(H2,20,21,22)(H2,24,25,27). The zero-order chi connectivity index (χ0) is 18.8. The normalized spacial score (nSPS) is 10.7. The number of nitrogen functional groups attached to an aromatic ring is 1. The van der Waals surface area contributed by atoms with Crippen molar-refractivity contribution in [3.05, 3.63) is 66.9 Å². The molecule has 8 nitrogen and oxygen atoms in total. The van der Waals surface area contributed by atoms with Gasteiger partial charge in [0, 0.05) is 11.4 Å². The van der Waals surface area contributed by atoms with Crippen LogP contribution in [0.15, 0.2) is 61.1 Å². The van der Waals surface area contributed by atoms with Crippen molar-refractivity contribution < 1.29 is 9.18 Å². The summed E-state index contributed by atoms with van der Waals surface area (Å²) >= 11 is 0. The fourth-order valence-electron chi connectivity index (χ4n) is 2.59. The van der Waals surface area contributed by atoms with Crippen LogP contribution in [0, 0.1) is 5.82 Å². The Bertz CT molecular complexity index is 1120. The maximum atomic E-state index is 12.9. The highest BCUT2D eigenvalue weighted by Gasteiger charge is 2.10. The second-order valence-electron chi connectivity index (χ2n) is 5.69. The fraction of sp³-hybridized carbons (Fsp3) is 0. The lowest BCUT2D eigenvalue weighted by Gasteiger charge is -2.09. The first kappa shape index (κ1) is 16.5. The van der Waals surface area contributed by atoms with Gasteiger partial charge >= 0.3 is 6.03 Å². The molecule has 4 rings (SSSR count). The molecule has 2 aromatic carbocycles. The minimum atomic E-state index is -0.448. The second kappa shape index (κ2) is 6.71. The minimum absolute atomic E-state index is 0.346. The number of carbonyl (C=O) groups is 1. The SMILES string of the molecule is Nc1ncnc2c1cnn2-c1cccc(NC(=O)Nc2ccc(F)cc2)c1. The number of nitrogens with zero attached hydrogens (tertiary/aromatic N) is 4. The number of halogens is 1. The first-order valence-corrected chi connectivity index (χ1v) is 7.98. The number of hydrogen-bond acceptors (Lipinski definition) is 5. The molecule has 2 aromatic heterocycles. The Kier molecular flexibility index (Phi) is 4.09. The van der Waals surface area contributed by atoms with Crippen LogP contribution in [0.5, 0.6) is 0 Å². The summed E-state index contributed by atoms with van der Waals surface area (Å²) in [4.78, 5) is 20.3.